The van der Waals surface area contributed by atoms with Gasteiger partial charge in [0.05, 0.1) is 38.0 Å². The van der Waals surface area contributed by atoms with Gasteiger partial charge in [-0.15, -0.1) is 6.42 Å². The zero-order valence-electron chi connectivity index (χ0n) is 25.2. The summed E-state index contributed by atoms with van der Waals surface area (Å²) in [5.74, 6) is 4.08. The lowest BCUT2D eigenvalue weighted by Crippen LogP contribution is -1.98. The van der Waals surface area contributed by atoms with E-state index >= 15 is 0 Å². The second-order valence-electron chi connectivity index (χ2n) is 9.49. The Kier molecular flexibility index (Phi) is 12.7. The Balaban J connectivity index is 0.000000236. The molecule has 2 heterocycles. The van der Waals surface area contributed by atoms with Gasteiger partial charge >= 0.3 is 0 Å². The molecule has 0 N–H and O–H groups in total. The second-order valence-corrected chi connectivity index (χ2v) is 10.3. The fraction of sp³-hybridized carbons (Fsp3) is 0.235. The van der Waals surface area contributed by atoms with Crippen LogP contribution in [0.25, 0.3) is 0 Å². The van der Waals surface area contributed by atoms with Gasteiger partial charge in [-0.05, 0) is 87.4 Å². The summed E-state index contributed by atoms with van der Waals surface area (Å²) < 4.78 is 11.5. The molecule has 9 heteroatoms. The number of aromatic nitrogens is 2. The normalized spacial score (nSPS) is 10.7. The average Bonchev–Trinajstić information content (AvgIpc) is 2.97. The van der Waals surface area contributed by atoms with E-state index in [-0.39, 0.29) is 6.61 Å². The van der Waals surface area contributed by atoms with E-state index in [9.17, 15) is 0 Å². The Hall–Kier alpha value is -4.68. The zero-order valence-corrected chi connectivity index (χ0v) is 26.8. The van der Waals surface area contributed by atoms with Gasteiger partial charge in [0.25, 0.3) is 0 Å². The quantitative estimate of drug-likeness (QED) is 0.103. The van der Waals surface area contributed by atoms with Crippen molar-refractivity contribution < 1.29 is 19.1 Å². The van der Waals surface area contributed by atoms with Crippen LogP contribution in [0.2, 0.25) is 0 Å². The minimum atomic E-state index is 0.241. The smallest absolute Gasteiger partial charge is 0.147 e. The van der Waals surface area contributed by atoms with Gasteiger partial charge in [-0.25, -0.2) is 0 Å². The fourth-order valence-corrected chi connectivity index (χ4v) is 4.64. The number of ether oxygens (including phenoxy) is 2. The highest BCUT2D eigenvalue weighted by Crippen LogP contribution is 2.27. The number of hydrogen-bond donors (Lipinski definition) is 0. The van der Waals surface area contributed by atoms with Gasteiger partial charge < -0.3 is 19.1 Å². The summed E-state index contributed by atoms with van der Waals surface area (Å²) in [5.41, 5.74) is 8.19. The summed E-state index contributed by atoms with van der Waals surface area (Å²) in [4.78, 5) is 19.4. The molecule has 2 aromatic carbocycles. The molecule has 0 aliphatic heterocycles. The Morgan fingerprint density at radius 2 is 1.23 bits per heavy atom. The molecule has 4 aromatic rings. The topological polar surface area (TPSA) is 87.4 Å². The van der Waals surface area contributed by atoms with E-state index in [0.717, 1.165) is 60.8 Å². The lowest BCUT2D eigenvalue weighted by molar-refractivity contribution is 0.129. The Bertz CT molecular complexity index is 1590. The van der Waals surface area contributed by atoms with E-state index in [1.807, 2.05) is 88.4 Å². The molecule has 0 spiro atoms. The highest BCUT2D eigenvalue weighted by molar-refractivity contribution is 9.10. The van der Waals surface area contributed by atoms with E-state index in [1.165, 1.54) is 0 Å². The van der Waals surface area contributed by atoms with Crippen LogP contribution >= 0.6 is 15.9 Å². The number of methoxy groups -OCH3 is 2. The van der Waals surface area contributed by atoms with Crippen molar-refractivity contribution >= 4 is 28.4 Å². The van der Waals surface area contributed by atoms with Crippen molar-refractivity contribution in [3.8, 4) is 23.8 Å². The number of oxime groups is 2. The molecule has 0 amide bonds. The molecule has 222 valence electrons. The summed E-state index contributed by atoms with van der Waals surface area (Å²) >= 11 is 3.48. The van der Waals surface area contributed by atoms with Crippen LogP contribution in [0.15, 0.2) is 75.4 Å². The van der Waals surface area contributed by atoms with Gasteiger partial charge in [0.2, 0.25) is 0 Å². The summed E-state index contributed by atoms with van der Waals surface area (Å²) in [5, 5.41) is 7.93. The van der Waals surface area contributed by atoms with Crippen LogP contribution in [0.5, 0.6) is 11.5 Å². The number of hydrogen-bond acceptors (Lipinski definition) is 8. The Morgan fingerprint density at radius 3 is 1.72 bits per heavy atom. The van der Waals surface area contributed by atoms with Crippen LogP contribution in [-0.4, -0.2) is 36.6 Å². The monoisotopic (exact) mass is 642 g/mol. The molecule has 0 aliphatic rings. The molecule has 43 heavy (non-hydrogen) atoms. The van der Waals surface area contributed by atoms with E-state index in [4.69, 9.17) is 25.6 Å². The molecule has 2 aromatic heterocycles. The lowest BCUT2D eigenvalue weighted by Gasteiger charge is -2.09. The number of pyridine rings is 2. The molecular weight excluding hydrogens is 608 g/mol. The van der Waals surface area contributed by atoms with Gasteiger partial charge in [-0.1, -0.05) is 44.3 Å². The summed E-state index contributed by atoms with van der Waals surface area (Å²) in [6.45, 7) is 8.51. The van der Waals surface area contributed by atoms with Crippen LogP contribution in [0, 0.1) is 40.0 Å². The van der Waals surface area contributed by atoms with Crippen LogP contribution in [-0.2, 0) is 22.9 Å². The molecule has 8 nitrogen and oxygen atoms in total. The average molecular weight is 644 g/mol. The first-order chi connectivity index (χ1) is 20.7. The fourth-order valence-electron chi connectivity index (χ4n) is 4.17. The maximum Gasteiger partial charge on any atom is 0.147 e. The number of rotatable bonds is 10. The summed E-state index contributed by atoms with van der Waals surface area (Å²) in [6.07, 6.45) is 8.70. The molecule has 0 fully saturated rings. The van der Waals surface area contributed by atoms with Gasteiger partial charge in [0.1, 0.15) is 24.7 Å². The first kappa shape index (κ1) is 32.8. The molecule has 0 aliphatic carbocycles. The minimum Gasteiger partial charge on any atom is -0.496 e. The zero-order chi connectivity index (χ0) is 31.2. The first-order valence-corrected chi connectivity index (χ1v) is 14.2. The molecule has 0 bridgehead atoms. The molecule has 0 radical (unpaired) electrons. The standard InChI is InChI=1S/C18H18N2O2.C16H17BrN2O2/c1-5-15-7-6-8-18(21-4)17(15)12-22-19-11-16-10-13(2)9-14(3)20-16;1-11-7-12(2)19-13(8-11)9-18-21-10-14-15(17)5-4-6-16(14)20-3/h1,6-11H,12H2,2-4H3;4-9H,10H2,1-3H3/b19-11+;18-9+. The molecule has 0 unspecified atom stereocenters. The molecule has 0 saturated heterocycles. The maximum absolute atomic E-state index is 5.49. The summed E-state index contributed by atoms with van der Waals surface area (Å²) in [6, 6.07) is 19.2. The van der Waals surface area contributed by atoms with Crippen molar-refractivity contribution in [3.63, 3.8) is 0 Å². The molecular formula is C34H35BrN4O4. The number of halogens is 1. The Morgan fingerprint density at radius 1 is 0.744 bits per heavy atom. The van der Waals surface area contributed by atoms with Crippen molar-refractivity contribution in [2.45, 2.75) is 40.9 Å². The van der Waals surface area contributed by atoms with Gasteiger partial charge in [-0.2, -0.15) is 0 Å². The highest BCUT2D eigenvalue weighted by Gasteiger charge is 2.08. The number of nitrogens with zero attached hydrogens (tertiary/aromatic N) is 4. The molecule has 0 saturated carbocycles. The molecule has 4 rings (SSSR count). The van der Waals surface area contributed by atoms with Crippen LogP contribution in [0.1, 0.15) is 50.6 Å². The maximum atomic E-state index is 5.49. The van der Waals surface area contributed by atoms with Gasteiger partial charge in [0, 0.05) is 32.6 Å². The van der Waals surface area contributed by atoms with E-state index < -0.39 is 0 Å². The van der Waals surface area contributed by atoms with Gasteiger partial charge in [-0.3, -0.25) is 9.97 Å². The number of terminal acetylenes is 1. The molecule has 0 atom stereocenters. The van der Waals surface area contributed by atoms with Crippen LogP contribution in [0.3, 0.4) is 0 Å². The van der Waals surface area contributed by atoms with Crippen molar-refractivity contribution in [2.24, 2.45) is 10.3 Å². The van der Waals surface area contributed by atoms with E-state index in [1.54, 1.807) is 26.6 Å². The van der Waals surface area contributed by atoms with E-state index in [0.29, 0.717) is 12.4 Å². The minimum absolute atomic E-state index is 0.241. The second kappa shape index (κ2) is 16.7. The largest absolute Gasteiger partial charge is 0.496 e. The summed E-state index contributed by atoms with van der Waals surface area (Å²) in [7, 11) is 3.23. The predicted molar refractivity (Wildman–Crippen MR) is 174 cm³/mol. The predicted octanol–water partition coefficient (Wildman–Crippen LogP) is 7.26. The third-order valence-corrected chi connectivity index (χ3v) is 6.72. The van der Waals surface area contributed by atoms with Crippen molar-refractivity contribution in [1.29, 1.82) is 0 Å². The first-order valence-electron chi connectivity index (χ1n) is 13.4. The third-order valence-electron chi connectivity index (χ3n) is 5.98. The van der Waals surface area contributed by atoms with Crippen LogP contribution < -0.4 is 9.47 Å². The van der Waals surface area contributed by atoms with Crippen LogP contribution in [0.4, 0.5) is 0 Å². The van der Waals surface area contributed by atoms with E-state index in [2.05, 4.69) is 42.1 Å². The number of aryl methyl sites for hydroxylation is 4. The third kappa shape index (κ3) is 10.3. The van der Waals surface area contributed by atoms with Crippen molar-refractivity contribution in [1.82, 2.24) is 9.97 Å². The van der Waals surface area contributed by atoms with Gasteiger partial charge in [0.15, 0.2) is 0 Å². The lowest BCUT2D eigenvalue weighted by atomic mass is 10.1. The van der Waals surface area contributed by atoms with Crippen molar-refractivity contribution in [3.05, 3.63) is 116 Å². The van der Waals surface area contributed by atoms with Crippen molar-refractivity contribution in [2.75, 3.05) is 14.2 Å². The highest BCUT2D eigenvalue weighted by atomic mass is 79.9. The Labute approximate surface area is 261 Å². The number of benzene rings is 2. The SMILES string of the molecule is C#Cc1cccc(OC)c1CO/N=C/c1cc(C)cc(C)n1.COc1cccc(Br)c1CO/N=C/c1cc(C)cc(C)n1.